The lowest BCUT2D eigenvalue weighted by Crippen LogP contribution is -2.30. The number of hydrogen-bond donors (Lipinski definition) is 0. The average molecular weight is 1160 g/mol. The van der Waals surface area contributed by atoms with E-state index >= 15 is 0 Å². The van der Waals surface area contributed by atoms with Gasteiger partial charge < -0.3 is 14.2 Å². The van der Waals surface area contributed by atoms with Crippen LogP contribution in [0.4, 0.5) is 0 Å². The number of carbonyl (C=O) groups excluding carboxylic acids is 3. The number of carbonyl (C=O) groups is 3. The lowest BCUT2D eigenvalue weighted by molar-refractivity contribution is -0.167. The van der Waals surface area contributed by atoms with Gasteiger partial charge in [0.25, 0.3) is 0 Å². The number of allylic oxidation sites excluding steroid dienone is 14. The van der Waals surface area contributed by atoms with Crippen molar-refractivity contribution in [1.29, 1.82) is 0 Å². The van der Waals surface area contributed by atoms with Crippen molar-refractivity contribution in [2.75, 3.05) is 13.2 Å². The van der Waals surface area contributed by atoms with E-state index in [2.05, 4.69) is 106 Å². The van der Waals surface area contributed by atoms with Crippen LogP contribution in [0, 0.1) is 0 Å². The van der Waals surface area contributed by atoms with Crippen molar-refractivity contribution < 1.29 is 28.6 Å². The Morgan fingerprint density at radius 3 is 0.771 bits per heavy atom. The van der Waals surface area contributed by atoms with Gasteiger partial charge in [0.2, 0.25) is 0 Å². The number of ether oxygens (including phenoxy) is 3. The second-order valence-electron chi connectivity index (χ2n) is 24.1. The van der Waals surface area contributed by atoms with E-state index in [9.17, 15) is 14.4 Å². The van der Waals surface area contributed by atoms with Crippen LogP contribution in [0.2, 0.25) is 0 Å². The molecule has 0 aliphatic carbocycles. The molecule has 0 fully saturated rings. The van der Waals surface area contributed by atoms with Crippen molar-refractivity contribution in [3.8, 4) is 0 Å². The molecule has 6 heteroatoms. The highest BCUT2D eigenvalue weighted by Gasteiger charge is 2.19. The van der Waals surface area contributed by atoms with Gasteiger partial charge >= 0.3 is 17.9 Å². The maximum Gasteiger partial charge on any atom is 0.306 e. The zero-order valence-electron chi connectivity index (χ0n) is 55.2. The molecule has 0 heterocycles. The molecule has 0 radical (unpaired) electrons. The van der Waals surface area contributed by atoms with Gasteiger partial charge in [-0.25, -0.2) is 0 Å². The average Bonchev–Trinajstić information content (AvgIpc) is 3.49. The summed E-state index contributed by atoms with van der Waals surface area (Å²) < 4.78 is 16.9. The first-order chi connectivity index (χ1) is 41.0. The van der Waals surface area contributed by atoms with Crippen molar-refractivity contribution in [2.45, 2.75) is 374 Å². The predicted octanol–water partition coefficient (Wildman–Crippen LogP) is 25.0. The van der Waals surface area contributed by atoms with Crippen LogP contribution in [-0.4, -0.2) is 37.2 Å². The summed E-state index contributed by atoms with van der Waals surface area (Å²) in [5, 5.41) is 0. The fraction of sp³-hybridized carbons (Fsp3) is 0.779. The summed E-state index contributed by atoms with van der Waals surface area (Å²) in [6.07, 6.45) is 94.9. The Kier molecular flexibility index (Phi) is 68.2. The second kappa shape index (κ2) is 71.1. The van der Waals surface area contributed by atoms with Crippen LogP contribution in [0.3, 0.4) is 0 Å². The van der Waals surface area contributed by atoms with Gasteiger partial charge in [0.1, 0.15) is 13.2 Å². The molecule has 1 atom stereocenters. The van der Waals surface area contributed by atoms with Gasteiger partial charge in [-0.2, -0.15) is 0 Å². The molecule has 0 aromatic rings. The van der Waals surface area contributed by atoms with Gasteiger partial charge in [-0.15, -0.1) is 0 Å². The molecule has 480 valence electrons. The predicted molar refractivity (Wildman–Crippen MR) is 362 cm³/mol. The molecule has 0 aliphatic heterocycles. The van der Waals surface area contributed by atoms with Crippen molar-refractivity contribution in [3.05, 3.63) is 85.1 Å². The first kappa shape index (κ1) is 79.6. The highest BCUT2D eigenvalue weighted by atomic mass is 16.6. The topological polar surface area (TPSA) is 78.9 Å². The first-order valence-electron chi connectivity index (χ1n) is 36.1. The van der Waals surface area contributed by atoms with E-state index in [-0.39, 0.29) is 37.5 Å². The summed E-state index contributed by atoms with van der Waals surface area (Å²) in [4.78, 5) is 38.4. The van der Waals surface area contributed by atoms with Gasteiger partial charge in [-0.3, -0.25) is 14.4 Å². The summed E-state index contributed by atoms with van der Waals surface area (Å²) in [6, 6.07) is 0. The molecule has 0 aliphatic rings. The Morgan fingerprint density at radius 1 is 0.253 bits per heavy atom. The van der Waals surface area contributed by atoms with Crippen LogP contribution < -0.4 is 0 Å². The van der Waals surface area contributed by atoms with Gasteiger partial charge in [0.15, 0.2) is 6.10 Å². The minimum absolute atomic E-state index is 0.0943. The van der Waals surface area contributed by atoms with Crippen molar-refractivity contribution in [2.24, 2.45) is 0 Å². The molecular formula is C77H136O6. The lowest BCUT2D eigenvalue weighted by Gasteiger charge is -2.18. The molecule has 0 spiro atoms. The monoisotopic (exact) mass is 1160 g/mol. The summed E-state index contributed by atoms with van der Waals surface area (Å²) in [5.74, 6) is -0.933. The third-order valence-corrected chi connectivity index (χ3v) is 15.9. The smallest absolute Gasteiger partial charge is 0.306 e. The van der Waals surface area contributed by atoms with E-state index in [1.54, 1.807) is 0 Å². The lowest BCUT2D eigenvalue weighted by atomic mass is 10.0. The number of unbranched alkanes of at least 4 members (excludes halogenated alkanes) is 41. The number of hydrogen-bond acceptors (Lipinski definition) is 6. The largest absolute Gasteiger partial charge is 0.462 e. The first-order valence-corrected chi connectivity index (χ1v) is 36.1. The van der Waals surface area contributed by atoms with Gasteiger partial charge in [0, 0.05) is 19.3 Å². The fourth-order valence-corrected chi connectivity index (χ4v) is 10.5. The SMILES string of the molecule is CC/C=C\C/C=C\C/C=C\C/C=C\C/C=C\CCCC(=O)OC(COC(=O)CCCCCCCCCCCCCCCCC)COC(=O)CCCCCCCCCCCCCCCCCCCCCCC/C=C\C/C=C\CCCCCCC. The highest BCUT2D eigenvalue weighted by Crippen LogP contribution is 2.18. The number of esters is 3. The molecule has 0 saturated carbocycles. The molecule has 6 nitrogen and oxygen atoms in total. The van der Waals surface area contributed by atoms with Crippen LogP contribution in [-0.2, 0) is 28.6 Å². The van der Waals surface area contributed by atoms with E-state index in [0.29, 0.717) is 19.3 Å². The third kappa shape index (κ3) is 69.3. The van der Waals surface area contributed by atoms with Crippen molar-refractivity contribution in [3.63, 3.8) is 0 Å². The Morgan fingerprint density at radius 2 is 0.482 bits per heavy atom. The van der Waals surface area contributed by atoms with Crippen LogP contribution in [0.25, 0.3) is 0 Å². The van der Waals surface area contributed by atoms with Gasteiger partial charge in [-0.05, 0) is 89.9 Å². The maximum absolute atomic E-state index is 12.9. The Bertz CT molecular complexity index is 1570. The van der Waals surface area contributed by atoms with Gasteiger partial charge in [0.05, 0.1) is 0 Å². The van der Waals surface area contributed by atoms with E-state index in [1.807, 2.05) is 0 Å². The third-order valence-electron chi connectivity index (χ3n) is 15.9. The van der Waals surface area contributed by atoms with Crippen LogP contribution in [0.5, 0.6) is 0 Å². The quantitative estimate of drug-likeness (QED) is 0.0261. The molecule has 0 rings (SSSR count). The zero-order valence-corrected chi connectivity index (χ0v) is 55.2. The van der Waals surface area contributed by atoms with Crippen molar-refractivity contribution in [1.82, 2.24) is 0 Å². The van der Waals surface area contributed by atoms with Crippen LogP contribution in [0.1, 0.15) is 367 Å². The standard InChI is InChI=1S/C77H136O6/c1-4-7-10-13-16-19-22-25-28-30-31-32-33-34-35-36-37-38-39-40-41-42-43-44-45-47-49-52-55-58-61-64-67-70-76(79)82-73-74(72-81-75(78)69-66-63-60-57-54-51-48-27-24-21-18-15-12-9-6-3)83-77(80)71-68-65-62-59-56-53-50-46-29-26-23-20-17-14-11-8-5-2/h8,11,17,20,22,25-26,29-31,50,53,59,62,74H,4-7,9-10,12-16,18-19,21,23-24,27-28,32-49,51-52,54-58,60-61,63-73H2,1-3H3/b11-8-,20-17-,25-22-,29-26-,31-30-,53-50-,62-59-. The molecule has 0 aromatic heterocycles. The molecule has 0 amide bonds. The van der Waals surface area contributed by atoms with Crippen LogP contribution >= 0.6 is 0 Å². The zero-order chi connectivity index (χ0) is 59.9. The molecule has 83 heavy (non-hydrogen) atoms. The maximum atomic E-state index is 12.9. The Balaban J connectivity index is 4.20. The minimum Gasteiger partial charge on any atom is -0.462 e. The molecule has 0 bridgehead atoms. The summed E-state index contributed by atoms with van der Waals surface area (Å²) in [7, 11) is 0. The van der Waals surface area contributed by atoms with Crippen LogP contribution in [0.15, 0.2) is 85.1 Å². The summed E-state index contributed by atoms with van der Waals surface area (Å²) in [6.45, 7) is 6.52. The van der Waals surface area contributed by atoms with E-state index in [1.165, 1.54) is 238 Å². The Hall–Kier alpha value is -3.41. The minimum atomic E-state index is -0.805. The number of rotatable bonds is 66. The molecule has 0 saturated heterocycles. The Labute approximate surface area is 515 Å². The molecule has 1 unspecified atom stereocenters. The highest BCUT2D eigenvalue weighted by molar-refractivity contribution is 5.71. The summed E-state index contributed by atoms with van der Waals surface area (Å²) in [5.41, 5.74) is 0. The fourth-order valence-electron chi connectivity index (χ4n) is 10.5. The normalized spacial score (nSPS) is 12.6. The molecular weight excluding hydrogens is 1020 g/mol. The van der Waals surface area contributed by atoms with E-state index < -0.39 is 6.10 Å². The second-order valence-corrected chi connectivity index (χ2v) is 24.1. The summed E-state index contributed by atoms with van der Waals surface area (Å²) >= 11 is 0. The van der Waals surface area contributed by atoms with Crippen molar-refractivity contribution >= 4 is 17.9 Å². The molecule has 0 aromatic carbocycles. The van der Waals surface area contributed by atoms with E-state index in [4.69, 9.17) is 14.2 Å². The van der Waals surface area contributed by atoms with E-state index in [0.717, 1.165) is 83.5 Å². The molecule has 0 N–H and O–H groups in total. The van der Waals surface area contributed by atoms with Gasteiger partial charge in [-0.1, -0.05) is 343 Å².